The van der Waals surface area contributed by atoms with E-state index in [9.17, 15) is 4.79 Å². The molecule has 1 saturated heterocycles. The number of carbonyl (C=O) groups is 1. The number of rotatable bonds is 8. The maximum atomic E-state index is 12.1. The zero-order chi connectivity index (χ0) is 18.0. The van der Waals surface area contributed by atoms with Crippen LogP contribution in [-0.4, -0.2) is 50.1 Å². The zero-order valence-electron chi connectivity index (χ0n) is 15.0. The fourth-order valence-electron chi connectivity index (χ4n) is 2.85. The average molecular weight is 351 g/mol. The van der Waals surface area contributed by atoms with E-state index < -0.39 is 0 Å². The van der Waals surface area contributed by atoms with Gasteiger partial charge in [-0.2, -0.15) is 0 Å². The van der Waals surface area contributed by atoms with Crippen LogP contribution < -0.4 is 4.74 Å². The Bertz CT molecular complexity index is 704. The highest BCUT2D eigenvalue weighted by molar-refractivity contribution is 6.06. The van der Waals surface area contributed by atoms with Gasteiger partial charge in [-0.25, -0.2) is 0 Å². The first-order valence-corrected chi connectivity index (χ1v) is 9.12. The van der Waals surface area contributed by atoms with Crippen molar-refractivity contribution in [3.05, 3.63) is 71.8 Å². The van der Waals surface area contributed by atoms with E-state index in [1.54, 1.807) is 6.08 Å². The lowest BCUT2D eigenvalue weighted by atomic mass is 10.1. The summed E-state index contributed by atoms with van der Waals surface area (Å²) >= 11 is 0. The quantitative estimate of drug-likeness (QED) is 0.413. The number of allylic oxidation sites excluding steroid dienone is 1. The van der Waals surface area contributed by atoms with Crippen LogP contribution in [0, 0.1) is 0 Å². The molecule has 0 amide bonds. The van der Waals surface area contributed by atoms with Crippen molar-refractivity contribution in [1.82, 2.24) is 4.90 Å². The van der Waals surface area contributed by atoms with Crippen LogP contribution in [0.4, 0.5) is 0 Å². The molecule has 0 unspecified atom stereocenters. The lowest BCUT2D eigenvalue weighted by molar-refractivity contribution is 0.0358. The SMILES string of the molecule is O=C(/C=C/c1ccc(OCCCN2CCOCC2)cc1)c1ccccc1. The van der Waals surface area contributed by atoms with E-state index in [0.29, 0.717) is 12.2 Å². The number of ether oxygens (including phenoxy) is 2. The molecule has 136 valence electrons. The van der Waals surface area contributed by atoms with Crippen LogP contribution in [0.2, 0.25) is 0 Å². The number of morpholine rings is 1. The fourth-order valence-corrected chi connectivity index (χ4v) is 2.85. The molecule has 0 aromatic heterocycles. The Morgan fingerprint density at radius 1 is 1.04 bits per heavy atom. The first-order valence-electron chi connectivity index (χ1n) is 9.12. The Labute approximate surface area is 155 Å². The van der Waals surface area contributed by atoms with Crippen molar-refractivity contribution in [2.45, 2.75) is 6.42 Å². The molecular weight excluding hydrogens is 326 g/mol. The van der Waals surface area contributed by atoms with Gasteiger partial charge in [0.05, 0.1) is 19.8 Å². The van der Waals surface area contributed by atoms with Gasteiger partial charge in [-0.3, -0.25) is 9.69 Å². The van der Waals surface area contributed by atoms with Crippen molar-refractivity contribution in [3.63, 3.8) is 0 Å². The van der Waals surface area contributed by atoms with Crippen molar-refractivity contribution in [2.75, 3.05) is 39.5 Å². The molecule has 2 aromatic rings. The molecule has 0 N–H and O–H groups in total. The van der Waals surface area contributed by atoms with Gasteiger partial charge in [0.2, 0.25) is 0 Å². The minimum atomic E-state index is 0.00837. The second-order valence-electron chi connectivity index (χ2n) is 6.29. The molecule has 26 heavy (non-hydrogen) atoms. The standard InChI is InChI=1S/C22H25NO3/c24-22(20-5-2-1-3-6-20)12-9-19-7-10-21(11-8-19)26-16-4-13-23-14-17-25-18-15-23/h1-3,5-12H,4,13-18H2/b12-9+. The molecule has 1 aliphatic heterocycles. The van der Waals surface area contributed by atoms with Crippen LogP contribution in [0.3, 0.4) is 0 Å². The number of ketones is 1. The zero-order valence-corrected chi connectivity index (χ0v) is 15.0. The minimum absolute atomic E-state index is 0.00837. The summed E-state index contributed by atoms with van der Waals surface area (Å²) in [6.45, 7) is 5.46. The van der Waals surface area contributed by atoms with Gasteiger partial charge >= 0.3 is 0 Å². The molecule has 2 aromatic carbocycles. The van der Waals surface area contributed by atoms with Gasteiger partial charge in [-0.15, -0.1) is 0 Å². The number of benzene rings is 2. The molecular formula is C22H25NO3. The van der Waals surface area contributed by atoms with E-state index in [1.807, 2.05) is 60.7 Å². The Kier molecular flexibility index (Phi) is 6.99. The molecule has 4 heteroatoms. The second-order valence-corrected chi connectivity index (χ2v) is 6.29. The van der Waals surface area contributed by atoms with Gasteiger partial charge in [0.1, 0.15) is 5.75 Å². The normalized spacial score (nSPS) is 15.2. The monoisotopic (exact) mass is 351 g/mol. The van der Waals surface area contributed by atoms with Crippen LogP contribution in [0.25, 0.3) is 6.08 Å². The third-order valence-electron chi connectivity index (χ3n) is 4.36. The van der Waals surface area contributed by atoms with Crippen molar-refractivity contribution in [1.29, 1.82) is 0 Å². The first kappa shape index (κ1) is 18.4. The number of hydrogen-bond acceptors (Lipinski definition) is 4. The number of nitrogens with zero attached hydrogens (tertiary/aromatic N) is 1. The van der Waals surface area contributed by atoms with Crippen LogP contribution in [-0.2, 0) is 4.74 Å². The summed E-state index contributed by atoms with van der Waals surface area (Å²) in [5.74, 6) is 0.868. The lowest BCUT2D eigenvalue weighted by Crippen LogP contribution is -2.37. The van der Waals surface area contributed by atoms with E-state index in [2.05, 4.69) is 4.90 Å². The maximum absolute atomic E-state index is 12.1. The molecule has 0 radical (unpaired) electrons. The van der Waals surface area contributed by atoms with E-state index in [4.69, 9.17) is 9.47 Å². The summed E-state index contributed by atoms with van der Waals surface area (Å²) in [5.41, 5.74) is 1.68. The first-order chi connectivity index (χ1) is 12.8. The van der Waals surface area contributed by atoms with Gasteiger partial charge in [0.15, 0.2) is 5.78 Å². The Balaban J connectivity index is 1.41. The van der Waals surface area contributed by atoms with Crippen molar-refractivity contribution in [2.24, 2.45) is 0 Å². The van der Waals surface area contributed by atoms with Gasteiger partial charge < -0.3 is 9.47 Å². The lowest BCUT2D eigenvalue weighted by Gasteiger charge is -2.26. The predicted molar refractivity (Wildman–Crippen MR) is 104 cm³/mol. The average Bonchev–Trinajstić information content (AvgIpc) is 2.72. The summed E-state index contributed by atoms with van der Waals surface area (Å²) in [6, 6.07) is 17.1. The molecule has 1 aliphatic rings. The largest absolute Gasteiger partial charge is 0.494 e. The maximum Gasteiger partial charge on any atom is 0.185 e. The molecule has 3 rings (SSSR count). The second kappa shape index (κ2) is 9.90. The Hall–Kier alpha value is -2.43. The third kappa shape index (κ3) is 5.83. The van der Waals surface area contributed by atoms with Gasteiger partial charge in [0.25, 0.3) is 0 Å². The highest BCUT2D eigenvalue weighted by Crippen LogP contribution is 2.14. The number of carbonyl (C=O) groups excluding carboxylic acids is 1. The molecule has 4 nitrogen and oxygen atoms in total. The molecule has 0 aliphatic carbocycles. The molecule has 0 bridgehead atoms. The molecule has 1 fully saturated rings. The molecule has 0 atom stereocenters. The van der Waals surface area contributed by atoms with Crippen molar-refractivity contribution in [3.8, 4) is 5.75 Å². The summed E-state index contributed by atoms with van der Waals surface area (Å²) < 4.78 is 11.1. The smallest absolute Gasteiger partial charge is 0.185 e. The van der Waals surface area contributed by atoms with Crippen LogP contribution >= 0.6 is 0 Å². The van der Waals surface area contributed by atoms with Gasteiger partial charge in [-0.1, -0.05) is 48.5 Å². The third-order valence-corrected chi connectivity index (χ3v) is 4.36. The topological polar surface area (TPSA) is 38.8 Å². The van der Waals surface area contributed by atoms with Crippen LogP contribution in [0.1, 0.15) is 22.3 Å². The predicted octanol–water partition coefficient (Wildman–Crippen LogP) is 3.68. The highest BCUT2D eigenvalue weighted by Gasteiger charge is 2.09. The molecule has 0 spiro atoms. The van der Waals surface area contributed by atoms with Gasteiger partial charge in [-0.05, 0) is 30.2 Å². The van der Waals surface area contributed by atoms with Crippen LogP contribution in [0.5, 0.6) is 5.75 Å². The number of hydrogen-bond donors (Lipinski definition) is 0. The minimum Gasteiger partial charge on any atom is -0.494 e. The Morgan fingerprint density at radius 3 is 2.50 bits per heavy atom. The highest BCUT2D eigenvalue weighted by atomic mass is 16.5. The summed E-state index contributed by atoms with van der Waals surface area (Å²) in [5, 5.41) is 0. The van der Waals surface area contributed by atoms with Gasteiger partial charge in [0, 0.05) is 25.2 Å². The van der Waals surface area contributed by atoms with Crippen molar-refractivity contribution >= 4 is 11.9 Å². The van der Waals surface area contributed by atoms with E-state index >= 15 is 0 Å². The van der Waals surface area contributed by atoms with Crippen molar-refractivity contribution < 1.29 is 14.3 Å². The molecule has 0 saturated carbocycles. The Morgan fingerprint density at radius 2 is 1.77 bits per heavy atom. The van der Waals surface area contributed by atoms with Crippen LogP contribution in [0.15, 0.2) is 60.7 Å². The summed E-state index contributed by atoms with van der Waals surface area (Å²) in [4.78, 5) is 14.5. The summed E-state index contributed by atoms with van der Waals surface area (Å²) in [7, 11) is 0. The van der Waals surface area contributed by atoms with E-state index in [-0.39, 0.29) is 5.78 Å². The van der Waals surface area contributed by atoms with E-state index in [1.165, 1.54) is 0 Å². The molecule has 1 heterocycles. The van der Waals surface area contributed by atoms with E-state index in [0.717, 1.165) is 50.6 Å². The summed E-state index contributed by atoms with van der Waals surface area (Å²) in [6.07, 6.45) is 4.44. The fraction of sp³-hybridized carbons (Fsp3) is 0.318.